The van der Waals surface area contributed by atoms with Gasteiger partial charge in [-0.25, -0.2) is 9.97 Å². The molecule has 0 saturated carbocycles. The fourth-order valence-corrected chi connectivity index (χ4v) is 2.83. The number of hydrogen-bond acceptors (Lipinski definition) is 4. The number of halogens is 2. The van der Waals surface area contributed by atoms with E-state index in [0.29, 0.717) is 20.9 Å². The maximum atomic E-state index is 6.00. The molecule has 1 aromatic heterocycles. The lowest BCUT2D eigenvalue weighted by atomic mass is 10.2. The normalized spacial score (nSPS) is 10.8. The fourth-order valence-electron chi connectivity index (χ4n) is 1.52. The second-order valence-electron chi connectivity index (χ2n) is 4.21. The van der Waals surface area contributed by atoms with Crippen molar-refractivity contribution in [2.45, 2.75) is 30.8 Å². The lowest BCUT2D eigenvalue weighted by Crippen LogP contribution is -1.98. The smallest absolute Gasteiger partial charge is 0.192 e. The second-order valence-corrected chi connectivity index (χ2v) is 6.03. The zero-order valence-electron chi connectivity index (χ0n) is 10.8. The zero-order chi connectivity index (χ0) is 14.2. The summed E-state index contributed by atoms with van der Waals surface area (Å²) in [7, 11) is 0. The van der Waals surface area contributed by atoms with Crippen LogP contribution in [0.1, 0.15) is 17.0 Å². The molecule has 0 atom stereocenters. The van der Waals surface area contributed by atoms with E-state index in [1.807, 2.05) is 20.8 Å². The number of nitrogens with zero attached hydrogens (tertiary/aromatic N) is 2. The predicted octanol–water partition coefficient (Wildman–Crippen LogP) is 4.44. The SMILES string of the molecule is Cc1nc(Sc2cc(Cl)c(Cl)cc2N)nc(C)c1C. The predicted molar refractivity (Wildman–Crippen MR) is 81.2 cm³/mol. The van der Waals surface area contributed by atoms with E-state index >= 15 is 0 Å². The third-order valence-electron chi connectivity index (χ3n) is 2.87. The van der Waals surface area contributed by atoms with Crippen molar-refractivity contribution in [2.75, 3.05) is 5.73 Å². The average molecular weight is 314 g/mol. The molecule has 0 unspecified atom stereocenters. The van der Waals surface area contributed by atoms with Gasteiger partial charge in [0.15, 0.2) is 5.16 Å². The summed E-state index contributed by atoms with van der Waals surface area (Å²) in [6, 6.07) is 3.37. The largest absolute Gasteiger partial charge is 0.398 e. The maximum Gasteiger partial charge on any atom is 0.192 e. The number of nitrogen functional groups attached to an aromatic ring is 1. The highest BCUT2D eigenvalue weighted by atomic mass is 35.5. The van der Waals surface area contributed by atoms with Gasteiger partial charge in [0.25, 0.3) is 0 Å². The minimum Gasteiger partial charge on any atom is -0.398 e. The van der Waals surface area contributed by atoms with Crippen molar-refractivity contribution in [3.63, 3.8) is 0 Å². The molecule has 2 N–H and O–H groups in total. The molecule has 19 heavy (non-hydrogen) atoms. The fraction of sp³-hybridized carbons (Fsp3) is 0.231. The number of aryl methyl sites for hydroxylation is 2. The van der Waals surface area contributed by atoms with Crippen LogP contribution >= 0.6 is 35.0 Å². The molecular weight excluding hydrogens is 301 g/mol. The molecular formula is C13H13Cl2N3S. The van der Waals surface area contributed by atoms with E-state index in [2.05, 4.69) is 9.97 Å². The van der Waals surface area contributed by atoms with Crippen LogP contribution in [0.5, 0.6) is 0 Å². The molecule has 0 aliphatic rings. The van der Waals surface area contributed by atoms with E-state index in [1.165, 1.54) is 11.8 Å². The second kappa shape index (κ2) is 5.57. The molecule has 0 amide bonds. The zero-order valence-corrected chi connectivity index (χ0v) is 13.1. The van der Waals surface area contributed by atoms with Crippen molar-refractivity contribution in [3.05, 3.63) is 39.1 Å². The van der Waals surface area contributed by atoms with E-state index in [4.69, 9.17) is 28.9 Å². The maximum absolute atomic E-state index is 6.00. The van der Waals surface area contributed by atoms with Crippen LogP contribution in [-0.2, 0) is 0 Å². The van der Waals surface area contributed by atoms with Crippen LogP contribution < -0.4 is 5.73 Å². The Hall–Kier alpha value is -0.970. The molecule has 0 aliphatic heterocycles. The third-order valence-corrected chi connectivity index (χ3v) is 4.53. The molecule has 2 rings (SSSR count). The molecule has 0 bridgehead atoms. The Morgan fingerprint density at radius 1 is 1.00 bits per heavy atom. The lowest BCUT2D eigenvalue weighted by Gasteiger charge is -2.09. The van der Waals surface area contributed by atoms with Crippen LogP contribution in [0.3, 0.4) is 0 Å². The third kappa shape index (κ3) is 3.14. The number of benzene rings is 1. The molecule has 2 aromatic rings. The Labute approximate surface area is 126 Å². The van der Waals surface area contributed by atoms with Gasteiger partial charge in [0.1, 0.15) is 0 Å². The van der Waals surface area contributed by atoms with Crippen molar-refractivity contribution < 1.29 is 0 Å². The molecule has 0 fully saturated rings. The van der Waals surface area contributed by atoms with Crippen molar-refractivity contribution >= 4 is 40.7 Å². The minimum absolute atomic E-state index is 0.445. The number of hydrogen-bond donors (Lipinski definition) is 1. The van der Waals surface area contributed by atoms with E-state index < -0.39 is 0 Å². The minimum atomic E-state index is 0.445. The van der Waals surface area contributed by atoms with Crippen molar-refractivity contribution in [2.24, 2.45) is 0 Å². The average Bonchev–Trinajstić information content (AvgIpc) is 2.33. The summed E-state index contributed by atoms with van der Waals surface area (Å²) in [6.07, 6.45) is 0. The van der Waals surface area contributed by atoms with Gasteiger partial charge in [0.2, 0.25) is 0 Å². The number of aromatic nitrogens is 2. The number of anilines is 1. The first-order valence-electron chi connectivity index (χ1n) is 5.62. The van der Waals surface area contributed by atoms with Gasteiger partial charge in [-0.1, -0.05) is 23.2 Å². The standard InChI is InChI=1S/C13H13Cl2N3S/c1-6-7(2)17-13(18-8(6)3)19-12-5-10(15)9(14)4-11(12)16/h4-5H,16H2,1-3H3. The highest BCUT2D eigenvalue weighted by molar-refractivity contribution is 7.99. The van der Waals surface area contributed by atoms with E-state index in [-0.39, 0.29) is 0 Å². The van der Waals surface area contributed by atoms with Gasteiger partial charge in [0.05, 0.1) is 10.0 Å². The Balaban J connectivity index is 2.39. The van der Waals surface area contributed by atoms with Crippen LogP contribution in [-0.4, -0.2) is 9.97 Å². The van der Waals surface area contributed by atoms with E-state index in [9.17, 15) is 0 Å². The summed E-state index contributed by atoms with van der Waals surface area (Å²) in [5, 5.41) is 1.57. The summed E-state index contributed by atoms with van der Waals surface area (Å²) in [5.41, 5.74) is 9.53. The molecule has 100 valence electrons. The summed E-state index contributed by atoms with van der Waals surface area (Å²) < 4.78 is 0. The van der Waals surface area contributed by atoms with Gasteiger partial charge in [-0.15, -0.1) is 0 Å². The van der Waals surface area contributed by atoms with Crippen LogP contribution in [0.15, 0.2) is 22.2 Å². The summed E-state index contributed by atoms with van der Waals surface area (Å²) >= 11 is 13.3. The van der Waals surface area contributed by atoms with Gasteiger partial charge < -0.3 is 5.73 Å². The molecule has 1 heterocycles. The van der Waals surface area contributed by atoms with E-state index in [0.717, 1.165) is 21.8 Å². The summed E-state index contributed by atoms with van der Waals surface area (Å²) in [4.78, 5) is 9.69. The van der Waals surface area contributed by atoms with E-state index in [1.54, 1.807) is 12.1 Å². The van der Waals surface area contributed by atoms with Gasteiger partial charge in [-0.05, 0) is 50.2 Å². The molecule has 0 saturated heterocycles. The monoisotopic (exact) mass is 313 g/mol. The van der Waals surface area contributed by atoms with Gasteiger partial charge in [0, 0.05) is 22.0 Å². The summed E-state index contributed by atoms with van der Waals surface area (Å²) in [5.74, 6) is 0. The van der Waals surface area contributed by atoms with Gasteiger partial charge in [-0.2, -0.15) is 0 Å². The molecule has 0 aliphatic carbocycles. The Kier molecular flexibility index (Phi) is 4.23. The van der Waals surface area contributed by atoms with Crippen LogP contribution in [0, 0.1) is 20.8 Å². The Bertz CT molecular complexity index is 621. The topological polar surface area (TPSA) is 51.8 Å². The molecule has 6 heteroatoms. The van der Waals surface area contributed by atoms with Gasteiger partial charge in [-0.3, -0.25) is 0 Å². The quantitative estimate of drug-likeness (QED) is 0.657. The summed E-state index contributed by atoms with van der Waals surface area (Å²) in [6.45, 7) is 5.94. The number of nitrogens with two attached hydrogens (primary N) is 1. The van der Waals surface area contributed by atoms with Crippen molar-refractivity contribution in [3.8, 4) is 0 Å². The Morgan fingerprint density at radius 3 is 2.11 bits per heavy atom. The van der Waals surface area contributed by atoms with Crippen molar-refractivity contribution in [1.29, 1.82) is 0 Å². The first kappa shape index (κ1) is 14.4. The molecule has 1 aromatic carbocycles. The highest BCUT2D eigenvalue weighted by Crippen LogP contribution is 2.36. The lowest BCUT2D eigenvalue weighted by molar-refractivity contribution is 0.881. The molecule has 0 spiro atoms. The van der Waals surface area contributed by atoms with Crippen LogP contribution in [0.4, 0.5) is 5.69 Å². The highest BCUT2D eigenvalue weighted by Gasteiger charge is 2.10. The van der Waals surface area contributed by atoms with Crippen molar-refractivity contribution in [1.82, 2.24) is 9.97 Å². The van der Waals surface area contributed by atoms with Gasteiger partial charge >= 0.3 is 0 Å². The molecule has 0 radical (unpaired) electrons. The number of rotatable bonds is 2. The first-order valence-corrected chi connectivity index (χ1v) is 7.20. The van der Waals surface area contributed by atoms with Crippen LogP contribution in [0.2, 0.25) is 10.0 Å². The first-order chi connectivity index (χ1) is 8.88. The van der Waals surface area contributed by atoms with Crippen LogP contribution in [0.25, 0.3) is 0 Å². The Morgan fingerprint density at radius 2 is 1.53 bits per heavy atom. The molecule has 3 nitrogen and oxygen atoms in total.